The van der Waals surface area contributed by atoms with Crippen LogP contribution in [0.15, 0.2) is 60.2 Å². The van der Waals surface area contributed by atoms with Gasteiger partial charge in [-0.05, 0) is 61.4 Å². The molecule has 0 heterocycles. The van der Waals surface area contributed by atoms with Gasteiger partial charge in [-0.15, -0.1) is 0 Å². The SMILES string of the molecule is C=C(/C=C(/c1ccc(OC)c(Cl)c1)N(CC)/N=C(\C)C(=O)O)c1ccc(Cl)cc1. The number of hydrogen-bond acceptors (Lipinski definition) is 4. The van der Waals surface area contributed by atoms with E-state index in [1.807, 2.05) is 31.2 Å². The molecule has 0 aliphatic heterocycles. The fraction of sp³-hybridized carbons (Fsp3) is 0.182. The normalized spacial score (nSPS) is 11.9. The number of ether oxygens (including phenoxy) is 1. The van der Waals surface area contributed by atoms with Gasteiger partial charge in [-0.3, -0.25) is 5.01 Å². The highest BCUT2D eigenvalue weighted by molar-refractivity contribution is 6.34. The summed E-state index contributed by atoms with van der Waals surface area (Å²) in [6, 6.07) is 12.6. The van der Waals surface area contributed by atoms with E-state index in [2.05, 4.69) is 11.7 Å². The van der Waals surface area contributed by atoms with Crippen molar-refractivity contribution in [1.29, 1.82) is 0 Å². The molecular formula is C22H22Cl2N2O3. The summed E-state index contributed by atoms with van der Waals surface area (Å²) in [7, 11) is 1.54. The van der Waals surface area contributed by atoms with E-state index in [0.717, 1.165) is 11.1 Å². The molecule has 0 radical (unpaired) electrons. The van der Waals surface area contributed by atoms with Crippen molar-refractivity contribution in [2.24, 2.45) is 5.10 Å². The molecule has 2 aromatic rings. The van der Waals surface area contributed by atoms with Gasteiger partial charge in [0, 0.05) is 17.1 Å². The summed E-state index contributed by atoms with van der Waals surface area (Å²) in [4.78, 5) is 11.3. The molecule has 0 aliphatic rings. The quantitative estimate of drug-likeness (QED) is 0.323. The second-order valence-electron chi connectivity index (χ2n) is 6.12. The average Bonchev–Trinajstić information content (AvgIpc) is 2.70. The molecule has 0 aliphatic carbocycles. The molecular weight excluding hydrogens is 411 g/mol. The first kappa shape index (κ1) is 22.5. The zero-order valence-electron chi connectivity index (χ0n) is 16.4. The largest absolute Gasteiger partial charge is 0.495 e. The summed E-state index contributed by atoms with van der Waals surface area (Å²) in [5.41, 5.74) is 2.95. The van der Waals surface area contributed by atoms with E-state index in [9.17, 15) is 9.90 Å². The number of carboxylic acids is 1. The van der Waals surface area contributed by atoms with Gasteiger partial charge in [0.1, 0.15) is 11.5 Å². The van der Waals surface area contributed by atoms with E-state index in [4.69, 9.17) is 27.9 Å². The van der Waals surface area contributed by atoms with Crippen molar-refractivity contribution in [1.82, 2.24) is 5.01 Å². The molecule has 0 saturated carbocycles. The molecule has 0 unspecified atom stereocenters. The summed E-state index contributed by atoms with van der Waals surface area (Å²) in [6.07, 6.45) is 1.84. The molecule has 152 valence electrons. The van der Waals surface area contributed by atoms with E-state index >= 15 is 0 Å². The third-order valence-electron chi connectivity index (χ3n) is 4.13. The molecule has 0 amide bonds. The molecule has 1 N–H and O–H groups in total. The molecule has 7 heteroatoms. The third-order valence-corrected chi connectivity index (χ3v) is 4.68. The molecule has 0 bridgehead atoms. The first-order valence-corrected chi connectivity index (χ1v) is 9.58. The number of aliphatic carboxylic acids is 1. The maximum absolute atomic E-state index is 11.3. The molecule has 29 heavy (non-hydrogen) atoms. The van der Waals surface area contributed by atoms with Crippen molar-refractivity contribution in [2.45, 2.75) is 13.8 Å². The Balaban J connectivity index is 2.59. The summed E-state index contributed by atoms with van der Waals surface area (Å²) < 4.78 is 5.22. The molecule has 0 saturated heterocycles. The van der Waals surface area contributed by atoms with Gasteiger partial charge in [-0.2, -0.15) is 5.10 Å². The Kier molecular flexibility index (Phi) is 7.88. The Labute approximate surface area is 180 Å². The van der Waals surface area contributed by atoms with E-state index in [-0.39, 0.29) is 5.71 Å². The Morgan fingerprint density at radius 1 is 1.21 bits per heavy atom. The molecule has 2 aromatic carbocycles. The standard InChI is InChI=1S/C22H22Cl2N2O3/c1-5-26(25-15(3)22(27)28)20(17-8-11-21(29-4)19(24)13-17)12-14(2)16-6-9-18(23)10-7-16/h6-13H,2,5H2,1,3-4H3,(H,27,28)/b20-12-,25-15+. The van der Waals surface area contributed by atoms with Gasteiger partial charge >= 0.3 is 5.97 Å². The summed E-state index contributed by atoms with van der Waals surface area (Å²) >= 11 is 12.3. The molecule has 0 fully saturated rings. The summed E-state index contributed by atoms with van der Waals surface area (Å²) in [5.74, 6) is -0.549. The van der Waals surface area contributed by atoms with Crippen LogP contribution in [0, 0.1) is 0 Å². The fourth-order valence-electron chi connectivity index (χ4n) is 2.56. The highest BCUT2D eigenvalue weighted by Crippen LogP contribution is 2.31. The highest BCUT2D eigenvalue weighted by atomic mass is 35.5. The van der Waals surface area contributed by atoms with Crippen molar-refractivity contribution in [3.05, 3.63) is 76.3 Å². The lowest BCUT2D eigenvalue weighted by Crippen LogP contribution is -2.20. The number of hydrogen-bond donors (Lipinski definition) is 1. The fourth-order valence-corrected chi connectivity index (χ4v) is 2.95. The monoisotopic (exact) mass is 432 g/mol. The molecule has 0 aromatic heterocycles. The number of hydrazone groups is 1. The van der Waals surface area contributed by atoms with Crippen LogP contribution >= 0.6 is 23.2 Å². The van der Waals surface area contributed by atoms with E-state index in [1.54, 1.807) is 36.4 Å². The second kappa shape index (κ2) is 10.1. The highest BCUT2D eigenvalue weighted by Gasteiger charge is 2.15. The Bertz CT molecular complexity index is 967. The van der Waals surface area contributed by atoms with Crippen molar-refractivity contribution in [3.8, 4) is 5.75 Å². The van der Waals surface area contributed by atoms with Crippen LogP contribution in [0.5, 0.6) is 5.75 Å². The average molecular weight is 433 g/mol. The smallest absolute Gasteiger partial charge is 0.351 e. The van der Waals surface area contributed by atoms with Crippen molar-refractivity contribution in [3.63, 3.8) is 0 Å². The molecule has 0 spiro atoms. The van der Waals surface area contributed by atoms with Crippen LogP contribution < -0.4 is 4.74 Å². The molecule has 5 nitrogen and oxygen atoms in total. The van der Waals surface area contributed by atoms with Crippen LogP contribution in [0.25, 0.3) is 11.3 Å². The molecule has 0 atom stereocenters. The number of halogens is 2. The lowest BCUT2D eigenvalue weighted by molar-refractivity contribution is -0.129. The zero-order chi connectivity index (χ0) is 21.6. The number of rotatable bonds is 8. The van der Waals surface area contributed by atoms with Gasteiger partial charge in [0.05, 0.1) is 17.8 Å². The van der Waals surface area contributed by atoms with Crippen LogP contribution in [0.4, 0.5) is 0 Å². The number of allylic oxidation sites excluding steroid dienone is 2. The summed E-state index contributed by atoms with van der Waals surface area (Å²) in [6.45, 7) is 7.90. The Morgan fingerprint density at radius 2 is 1.83 bits per heavy atom. The first-order valence-electron chi connectivity index (χ1n) is 8.83. The Morgan fingerprint density at radius 3 is 2.34 bits per heavy atom. The minimum Gasteiger partial charge on any atom is -0.495 e. The van der Waals surface area contributed by atoms with Gasteiger partial charge in [-0.25, -0.2) is 4.79 Å². The first-order chi connectivity index (χ1) is 13.8. The lowest BCUT2D eigenvalue weighted by atomic mass is 10.0. The predicted octanol–water partition coefficient (Wildman–Crippen LogP) is 5.84. The van der Waals surface area contributed by atoms with Crippen LogP contribution in [0.3, 0.4) is 0 Å². The number of carboxylic acid groups (broad SMARTS) is 1. The van der Waals surface area contributed by atoms with E-state index in [0.29, 0.717) is 33.6 Å². The van der Waals surface area contributed by atoms with Crippen molar-refractivity contribution < 1.29 is 14.6 Å². The van der Waals surface area contributed by atoms with Crippen LogP contribution in [0.1, 0.15) is 25.0 Å². The minimum atomic E-state index is -1.09. The maximum atomic E-state index is 11.3. The van der Waals surface area contributed by atoms with Gasteiger partial charge in [0.2, 0.25) is 0 Å². The third kappa shape index (κ3) is 5.86. The topological polar surface area (TPSA) is 62.1 Å². The lowest BCUT2D eigenvalue weighted by Gasteiger charge is -2.23. The van der Waals surface area contributed by atoms with Gasteiger partial charge in [0.25, 0.3) is 0 Å². The number of methoxy groups -OCH3 is 1. The molecule has 2 rings (SSSR count). The van der Waals surface area contributed by atoms with Crippen molar-refractivity contribution >= 4 is 46.2 Å². The van der Waals surface area contributed by atoms with Crippen LogP contribution in [-0.4, -0.2) is 35.5 Å². The van der Waals surface area contributed by atoms with Crippen molar-refractivity contribution in [2.75, 3.05) is 13.7 Å². The minimum absolute atomic E-state index is 0.0329. The van der Waals surface area contributed by atoms with Gasteiger partial charge in [-0.1, -0.05) is 41.9 Å². The number of carbonyl (C=O) groups is 1. The van der Waals surface area contributed by atoms with Gasteiger partial charge < -0.3 is 9.84 Å². The van der Waals surface area contributed by atoms with Crippen LogP contribution in [-0.2, 0) is 4.79 Å². The maximum Gasteiger partial charge on any atom is 0.351 e. The van der Waals surface area contributed by atoms with E-state index < -0.39 is 5.97 Å². The van der Waals surface area contributed by atoms with Crippen LogP contribution in [0.2, 0.25) is 10.0 Å². The second-order valence-corrected chi connectivity index (χ2v) is 6.96. The predicted molar refractivity (Wildman–Crippen MR) is 120 cm³/mol. The number of nitrogens with zero attached hydrogens (tertiary/aromatic N) is 2. The Hall–Kier alpha value is -2.76. The number of benzene rings is 2. The van der Waals surface area contributed by atoms with E-state index in [1.165, 1.54) is 6.92 Å². The summed E-state index contributed by atoms with van der Waals surface area (Å²) in [5, 5.41) is 16.1. The van der Waals surface area contributed by atoms with Gasteiger partial charge in [0.15, 0.2) is 0 Å². The zero-order valence-corrected chi connectivity index (χ0v) is 18.0.